The first-order valence-corrected chi connectivity index (χ1v) is 6.97. The molecule has 0 aliphatic rings. The lowest BCUT2D eigenvalue weighted by molar-refractivity contribution is 0.570. The van der Waals surface area contributed by atoms with Crippen LogP contribution in [0.4, 0.5) is 4.39 Å². The summed E-state index contributed by atoms with van der Waals surface area (Å²) < 4.78 is 36.9. The van der Waals surface area contributed by atoms with Crippen LogP contribution < -0.4 is 0 Å². The molecule has 0 spiro atoms. The van der Waals surface area contributed by atoms with E-state index < -0.39 is 15.7 Å². The predicted octanol–water partition coefficient (Wildman–Crippen LogP) is 2.95. The van der Waals surface area contributed by atoms with Gasteiger partial charge in [0.15, 0.2) is 9.84 Å². The molecule has 0 heterocycles. The molecule has 0 radical (unpaired) electrons. The summed E-state index contributed by atoms with van der Waals surface area (Å²) >= 11 is 0. The maximum absolute atomic E-state index is 13.2. The first-order valence-electron chi connectivity index (χ1n) is 5.32. The number of rotatable bonds is 4. The number of benzene rings is 1. The highest BCUT2D eigenvalue weighted by atomic mass is 32.2. The van der Waals surface area contributed by atoms with Crippen molar-refractivity contribution >= 4 is 9.84 Å². The molecular weight excluding hydrogens is 227 g/mol. The Labute approximate surface area is 96.4 Å². The van der Waals surface area contributed by atoms with Crippen LogP contribution in [-0.2, 0) is 9.84 Å². The van der Waals surface area contributed by atoms with Crippen LogP contribution in [0.3, 0.4) is 0 Å². The van der Waals surface area contributed by atoms with Crippen molar-refractivity contribution in [3.63, 3.8) is 0 Å². The van der Waals surface area contributed by atoms with E-state index in [0.717, 1.165) is 6.07 Å². The molecule has 0 N–H and O–H groups in total. The molecule has 0 aliphatic heterocycles. The first kappa shape index (κ1) is 13.2. The molecule has 90 valence electrons. The van der Waals surface area contributed by atoms with E-state index in [-0.39, 0.29) is 10.6 Å². The Hall–Kier alpha value is -0.900. The lowest BCUT2D eigenvalue weighted by Crippen LogP contribution is -2.09. The van der Waals surface area contributed by atoms with Crippen molar-refractivity contribution in [2.24, 2.45) is 5.92 Å². The minimum absolute atomic E-state index is 0.0766. The second kappa shape index (κ2) is 4.95. The molecule has 1 aromatic carbocycles. The molecule has 2 nitrogen and oxygen atoms in total. The van der Waals surface area contributed by atoms with E-state index in [1.165, 1.54) is 12.1 Å². The van der Waals surface area contributed by atoms with Crippen LogP contribution >= 0.6 is 0 Å². The van der Waals surface area contributed by atoms with Gasteiger partial charge in [-0.2, -0.15) is 0 Å². The summed E-state index contributed by atoms with van der Waals surface area (Å²) in [7, 11) is -3.33. The summed E-state index contributed by atoms with van der Waals surface area (Å²) in [6, 6.07) is 4.07. The van der Waals surface area contributed by atoms with Crippen molar-refractivity contribution in [2.75, 3.05) is 5.75 Å². The van der Waals surface area contributed by atoms with E-state index in [1.807, 2.05) is 13.8 Å². The molecule has 1 rings (SSSR count). The fraction of sp³-hybridized carbons (Fsp3) is 0.500. The van der Waals surface area contributed by atoms with Gasteiger partial charge >= 0.3 is 0 Å². The lowest BCUT2D eigenvalue weighted by Gasteiger charge is -2.07. The van der Waals surface area contributed by atoms with Gasteiger partial charge in [0.25, 0.3) is 0 Å². The van der Waals surface area contributed by atoms with Crippen LogP contribution in [0.25, 0.3) is 0 Å². The SMILES string of the molecule is Cc1ccc(S(=O)(=O)CCC(C)C)cc1F. The third-order valence-electron chi connectivity index (χ3n) is 2.47. The Bertz CT molecular complexity index is 464. The third kappa shape index (κ3) is 3.30. The standard InChI is InChI=1S/C12H17FO2S/c1-9(2)6-7-16(14,15)11-5-4-10(3)12(13)8-11/h4-5,8-9H,6-7H2,1-3H3. The minimum atomic E-state index is -3.33. The first-order chi connectivity index (χ1) is 7.33. The van der Waals surface area contributed by atoms with E-state index in [2.05, 4.69) is 0 Å². The van der Waals surface area contributed by atoms with Crippen molar-refractivity contribution in [1.29, 1.82) is 0 Å². The molecule has 0 saturated carbocycles. The van der Waals surface area contributed by atoms with E-state index in [1.54, 1.807) is 6.92 Å². The summed E-state index contributed by atoms with van der Waals surface area (Å²) in [6.07, 6.45) is 0.595. The normalized spacial score (nSPS) is 12.1. The Morgan fingerprint density at radius 3 is 2.44 bits per heavy atom. The fourth-order valence-corrected chi connectivity index (χ4v) is 2.85. The maximum Gasteiger partial charge on any atom is 0.178 e. The molecule has 0 fully saturated rings. The zero-order chi connectivity index (χ0) is 12.3. The van der Waals surface area contributed by atoms with Crippen molar-refractivity contribution in [3.05, 3.63) is 29.6 Å². The molecule has 0 atom stereocenters. The highest BCUT2D eigenvalue weighted by molar-refractivity contribution is 7.91. The number of aryl methyl sites for hydroxylation is 1. The van der Waals surface area contributed by atoms with Crippen molar-refractivity contribution in [3.8, 4) is 0 Å². The Morgan fingerprint density at radius 1 is 1.31 bits per heavy atom. The number of hydrogen-bond donors (Lipinski definition) is 0. The molecule has 0 unspecified atom stereocenters. The minimum Gasteiger partial charge on any atom is -0.224 e. The molecule has 16 heavy (non-hydrogen) atoms. The number of halogens is 1. The van der Waals surface area contributed by atoms with E-state index >= 15 is 0 Å². The topological polar surface area (TPSA) is 34.1 Å². The van der Waals surface area contributed by atoms with Gasteiger partial charge in [0.05, 0.1) is 10.6 Å². The van der Waals surface area contributed by atoms with Crippen LogP contribution in [-0.4, -0.2) is 14.2 Å². The second-order valence-corrected chi connectivity index (χ2v) is 6.52. The Balaban J connectivity index is 2.94. The molecule has 1 aromatic rings. The van der Waals surface area contributed by atoms with Crippen molar-refractivity contribution in [2.45, 2.75) is 32.1 Å². The van der Waals surface area contributed by atoms with Crippen LogP contribution in [0.5, 0.6) is 0 Å². The van der Waals surface area contributed by atoms with Gasteiger partial charge in [-0.25, -0.2) is 12.8 Å². The lowest BCUT2D eigenvalue weighted by atomic mass is 10.2. The van der Waals surface area contributed by atoms with E-state index in [9.17, 15) is 12.8 Å². The quantitative estimate of drug-likeness (QED) is 0.816. The zero-order valence-corrected chi connectivity index (χ0v) is 10.6. The highest BCUT2D eigenvalue weighted by Gasteiger charge is 2.16. The summed E-state index contributed by atoms with van der Waals surface area (Å²) in [4.78, 5) is 0.0799. The van der Waals surface area contributed by atoms with Crippen molar-refractivity contribution < 1.29 is 12.8 Å². The second-order valence-electron chi connectivity index (χ2n) is 4.41. The van der Waals surface area contributed by atoms with E-state index in [4.69, 9.17) is 0 Å². The maximum atomic E-state index is 13.2. The Morgan fingerprint density at radius 2 is 1.94 bits per heavy atom. The molecule has 0 aromatic heterocycles. The summed E-state index contributed by atoms with van der Waals surface area (Å²) in [5.74, 6) is -0.0663. The average Bonchev–Trinajstić information content (AvgIpc) is 2.19. The van der Waals surface area contributed by atoms with Crippen LogP contribution in [0.2, 0.25) is 0 Å². The van der Waals surface area contributed by atoms with Gasteiger partial charge in [-0.1, -0.05) is 19.9 Å². The zero-order valence-electron chi connectivity index (χ0n) is 9.83. The fourth-order valence-electron chi connectivity index (χ4n) is 1.28. The van der Waals surface area contributed by atoms with Gasteiger partial charge in [-0.15, -0.1) is 0 Å². The smallest absolute Gasteiger partial charge is 0.178 e. The van der Waals surface area contributed by atoms with Gasteiger partial charge in [-0.05, 0) is 37.0 Å². The average molecular weight is 244 g/mol. The molecule has 0 saturated heterocycles. The molecule has 4 heteroatoms. The predicted molar refractivity (Wildman–Crippen MR) is 62.6 cm³/mol. The molecular formula is C12H17FO2S. The van der Waals surface area contributed by atoms with Crippen LogP contribution in [0, 0.1) is 18.7 Å². The highest BCUT2D eigenvalue weighted by Crippen LogP contribution is 2.17. The van der Waals surface area contributed by atoms with Crippen LogP contribution in [0.1, 0.15) is 25.8 Å². The van der Waals surface area contributed by atoms with Crippen molar-refractivity contribution in [1.82, 2.24) is 0 Å². The van der Waals surface area contributed by atoms with Crippen LogP contribution in [0.15, 0.2) is 23.1 Å². The third-order valence-corrected chi connectivity index (χ3v) is 4.21. The molecule has 0 aliphatic carbocycles. The van der Waals surface area contributed by atoms with Gasteiger partial charge in [0, 0.05) is 0 Å². The van der Waals surface area contributed by atoms with Gasteiger partial charge < -0.3 is 0 Å². The summed E-state index contributed by atoms with van der Waals surface area (Å²) in [6.45, 7) is 5.54. The van der Waals surface area contributed by atoms with E-state index in [0.29, 0.717) is 17.9 Å². The Kier molecular flexibility index (Phi) is 4.08. The molecule has 0 bridgehead atoms. The number of hydrogen-bond acceptors (Lipinski definition) is 2. The van der Waals surface area contributed by atoms with Gasteiger partial charge in [0.1, 0.15) is 5.82 Å². The monoisotopic (exact) mass is 244 g/mol. The summed E-state index contributed by atoms with van der Waals surface area (Å²) in [5.41, 5.74) is 0.461. The van der Waals surface area contributed by atoms with Gasteiger partial charge in [-0.3, -0.25) is 0 Å². The molecule has 0 amide bonds. The summed E-state index contributed by atoms with van der Waals surface area (Å²) in [5, 5.41) is 0. The largest absolute Gasteiger partial charge is 0.224 e. The van der Waals surface area contributed by atoms with Gasteiger partial charge in [0.2, 0.25) is 0 Å². The number of sulfone groups is 1.